The molecular weight excluding hydrogens is 331 g/mol. The Bertz CT molecular complexity index is 562. The van der Waals surface area contributed by atoms with E-state index in [1.807, 2.05) is 30.3 Å². The Morgan fingerprint density at radius 2 is 1.58 bits per heavy atom. The molecule has 0 radical (unpaired) electrons. The summed E-state index contributed by atoms with van der Waals surface area (Å²) in [6.45, 7) is 5.10. The summed E-state index contributed by atoms with van der Waals surface area (Å²) >= 11 is 0. The van der Waals surface area contributed by atoms with Crippen molar-refractivity contribution in [2.45, 2.75) is 39.3 Å². The largest absolute Gasteiger partial charge is 0.465 e. The van der Waals surface area contributed by atoms with E-state index in [0.717, 1.165) is 5.56 Å². The zero-order chi connectivity index (χ0) is 18.0. The molecule has 0 aliphatic heterocycles. The summed E-state index contributed by atoms with van der Waals surface area (Å²) in [5.41, 5.74) is -0.586. The predicted octanol–water partition coefficient (Wildman–Crippen LogP) is 3.39. The maximum absolute atomic E-state index is 12.9. The zero-order valence-corrected chi connectivity index (χ0v) is 15.3. The quantitative estimate of drug-likeness (QED) is 0.344. The molecular formula is C17H25O6P. The minimum atomic E-state index is -3.92. The molecule has 0 aliphatic rings. The number of aryl methyl sites for hydroxylation is 1. The number of esters is 1. The van der Waals surface area contributed by atoms with Crippen molar-refractivity contribution in [2.24, 2.45) is 0 Å². The third kappa shape index (κ3) is 5.86. The standard InChI is InChI=1S/C17H25O6P/c1-4-21-17(19)16(24(20,22-5-2)23-6-3)15(18)13-12-14-10-8-7-9-11-14/h7-11,16H,4-6,12-13H2,1-3H3. The Balaban J connectivity index is 2.96. The lowest BCUT2D eigenvalue weighted by molar-refractivity contribution is -0.145. The van der Waals surface area contributed by atoms with Gasteiger partial charge in [0.05, 0.1) is 19.8 Å². The molecule has 6 nitrogen and oxygen atoms in total. The Morgan fingerprint density at radius 3 is 2.08 bits per heavy atom. The van der Waals surface area contributed by atoms with Gasteiger partial charge in [0, 0.05) is 6.42 Å². The number of carbonyl (C=O) groups excluding carboxylic acids is 2. The van der Waals surface area contributed by atoms with Crippen LogP contribution in [0.4, 0.5) is 0 Å². The molecule has 1 atom stereocenters. The van der Waals surface area contributed by atoms with Crippen LogP contribution in [0.25, 0.3) is 0 Å². The van der Waals surface area contributed by atoms with Crippen LogP contribution in [0.5, 0.6) is 0 Å². The molecule has 1 aromatic carbocycles. The minimum absolute atomic E-state index is 0.0532. The Kier molecular flexibility index (Phi) is 8.90. The number of Topliss-reactive ketones (excluding diaryl/α,β-unsaturated/α-hetero) is 1. The smallest absolute Gasteiger partial charge is 0.352 e. The fourth-order valence-corrected chi connectivity index (χ4v) is 4.16. The fourth-order valence-electron chi connectivity index (χ4n) is 2.25. The van der Waals surface area contributed by atoms with Crippen molar-refractivity contribution in [3.63, 3.8) is 0 Å². The van der Waals surface area contributed by atoms with Crippen molar-refractivity contribution in [2.75, 3.05) is 19.8 Å². The average molecular weight is 356 g/mol. The van der Waals surface area contributed by atoms with Crippen molar-refractivity contribution in [1.82, 2.24) is 0 Å². The van der Waals surface area contributed by atoms with Gasteiger partial charge in [-0.05, 0) is 32.8 Å². The van der Waals surface area contributed by atoms with Gasteiger partial charge in [-0.25, -0.2) is 0 Å². The Hall–Kier alpha value is -1.49. The zero-order valence-electron chi connectivity index (χ0n) is 14.4. The molecule has 0 saturated heterocycles. The highest BCUT2D eigenvalue weighted by atomic mass is 31.2. The first-order chi connectivity index (χ1) is 11.5. The maximum Gasteiger partial charge on any atom is 0.352 e. The molecule has 0 fully saturated rings. The number of benzene rings is 1. The highest BCUT2D eigenvalue weighted by Crippen LogP contribution is 2.54. The van der Waals surface area contributed by atoms with E-state index in [9.17, 15) is 14.2 Å². The number of hydrogen-bond donors (Lipinski definition) is 0. The van der Waals surface area contributed by atoms with Gasteiger partial charge >= 0.3 is 13.6 Å². The fraction of sp³-hybridized carbons (Fsp3) is 0.529. The van der Waals surface area contributed by atoms with Crippen LogP contribution in [0.3, 0.4) is 0 Å². The van der Waals surface area contributed by atoms with E-state index in [1.165, 1.54) is 0 Å². The highest BCUT2D eigenvalue weighted by molar-refractivity contribution is 7.57. The van der Waals surface area contributed by atoms with Crippen molar-refractivity contribution in [1.29, 1.82) is 0 Å². The Morgan fingerprint density at radius 1 is 1.00 bits per heavy atom. The van der Waals surface area contributed by atoms with E-state index < -0.39 is 25.0 Å². The number of ether oxygens (including phenoxy) is 1. The molecule has 0 spiro atoms. The summed E-state index contributed by atoms with van der Waals surface area (Å²) < 4.78 is 28.2. The lowest BCUT2D eigenvalue weighted by Gasteiger charge is -2.23. The number of rotatable bonds is 11. The highest BCUT2D eigenvalue weighted by Gasteiger charge is 2.47. The molecule has 134 valence electrons. The van der Waals surface area contributed by atoms with E-state index in [4.69, 9.17) is 13.8 Å². The first-order valence-electron chi connectivity index (χ1n) is 8.10. The van der Waals surface area contributed by atoms with Crippen LogP contribution in [0, 0.1) is 0 Å². The second-order valence-corrected chi connectivity index (χ2v) is 7.09. The molecule has 7 heteroatoms. The number of hydrogen-bond acceptors (Lipinski definition) is 6. The van der Waals surface area contributed by atoms with Crippen LogP contribution in [0.1, 0.15) is 32.8 Å². The van der Waals surface area contributed by atoms with Crippen LogP contribution in [-0.4, -0.2) is 37.2 Å². The third-order valence-corrected chi connectivity index (χ3v) is 5.62. The van der Waals surface area contributed by atoms with Gasteiger partial charge in [0.25, 0.3) is 0 Å². The van der Waals surface area contributed by atoms with Crippen LogP contribution < -0.4 is 0 Å². The summed E-state index contributed by atoms with van der Waals surface area (Å²) in [5.74, 6) is -1.36. The van der Waals surface area contributed by atoms with Crippen molar-refractivity contribution < 1.29 is 27.9 Å². The average Bonchev–Trinajstić information content (AvgIpc) is 2.54. The molecule has 0 saturated carbocycles. The molecule has 0 heterocycles. The molecule has 0 amide bonds. The molecule has 0 bridgehead atoms. The summed E-state index contributed by atoms with van der Waals surface area (Å²) in [4.78, 5) is 24.8. The van der Waals surface area contributed by atoms with Gasteiger partial charge < -0.3 is 13.8 Å². The van der Waals surface area contributed by atoms with Gasteiger partial charge in [-0.2, -0.15) is 0 Å². The van der Waals surface area contributed by atoms with Gasteiger partial charge in [-0.1, -0.05) is 30.3 Å². The van der Waals surface area contributed by atoms with Crippen molar-refractivity contribution >= 4 is 19.3 Å². The SMILES string of the molecule is CCOC(=O)C(C(=O)CCc1ccccc1)P(=O)(OCC)OCC. The van der Waals surface area contributed by atoms with E-state index in [2.05, 4.69) is 0 Å². The van der Waals surface area contributed by atoms with E-state index in [0.29, 0.717) is 6.42 Å². The summed E-state index contributed by atoms with van der Waals surface area (Å²) in [5, 5.41) is 0. The summed E-state index contributed by atoms with van der Waals surface area (Å²) in [6, 6.07) is 9.39. The number of ketones is 1. The van der Waals surface area contributed by atoms with Gasteiger partial charge in [0.15, 0.2) is 5.78 Å². The van der Waals surface area contributed by atoms with E-state index in [-0.39, 0.29) is 26.2 Å². The van der Waals surface area contributed by atoms with Crippen LogP contribution in [0.15, 0.2) is 30.3 Å². The maximum atomic E-state index is 12.9. The van der Waals surface area contributed by atoms with Crippen molar-refractivity contribution in [3.05, 3.63) is 35.9 Å². The summed E-state index contributed by atoms with van der Waals surface area (Å²) in [6.07, 6.45) is 0.492. The van der Waals surface area contributed by atoms with Crippen LogP contribution in [0.2, 0.25) is 0 Å². The minimum Gasteiger partial charge on any atom is -0.465 e. The van der Waals surface area contributed by atoms with Gasteiger partial charge in [0.1, 0.15) is 0 Å². The van der Waals surface area contributed by atoms with Gasteiger partial charge in [-0.3, -0.25) is 14.2 Å². The van der Waals surface area contributed by atoms with E-state index in [1.54, 1.807) is 20.8 Å². The summed E-state index contributed by atoms with van der Waals surface area (Å²) in [7, 11) is -3.92. The second-order valence-electron chi connectivity index (χ2n) is 4.98. The normalized spacial score (nSPS) is 12.6. The Labute approximate surface area is 143 Å². The molecule has 1 aromatic rings. The lowest BCUT2D eigenvalue weighted by atomic mass is 10.1. The first kappa shape index (κ1) is 20.6. The second kappa shape index (κ2) is 10.4. The number of carbonyl (C=O) groups is 2. The molecule has 0 N–H and O–H groups in total. The van der Waals surface area contributed by atoms with E-state index >= 15 is 0 Å². The van der Waals surface area contributed by atoms with Gasteiger partial charge in [0.2, 0.25) is 5.66 Å². The van der Waals surface area contributed by atoms with Crippen LogP contribution >= 0.6 is 7.60 Å². The predicted molar refractivity (Wildman–Crippen MR) is 91.0 cm³/mol. The molecule has 1 rings (SSSR count). The molecule has 24 heavy (non-hydrogen) atoms. The molecule has 0 aromatic heterocycles. The van der Waals surface area contributed by atoms with Gasteiger partial charge in [-0.15, -0.1) is 0 Å². The lowest BCUT2D eigenvalue weighted by Crippen LogP contribution is -2.34. The topological polar surface area (TPSA) is 78.9 Å². The molecule has 1 unspecified atom stereocenters. The third-order valence-electron chi connectivity index (χ3n) is 3.25. The monoisotopic (exact) mass is 356 g/mol. The molecule has 0 aliphatic carbocycles. The first-order valence-corrected chi connectivity index (χ1v) is 9.71. The van der Waals surface area contributed by atoms with Crippen molar-refractivity contribution in [3.8, 4) is 0 Å². The van der Waals surface area contributed by atoms with Crippen LogP contribution in [-0.2, 0) is 34.4 Å².